The minimum absolute atomic E-state index is 0.234. The van der Waals surface area contributed by atoms with Gasteiger partial charge in [0.2, 0.25) is 0 Å². The molecule has 4 atom stereocenters. The lowest BCUT2D eigenvalue weighted by atomic mass is 9.80. The SMILES string of the molecule is CC(C)CCCC(C)CCCC(C)CCC(O)(CCC(C)CCCC(C)CCCC(C)C)c1ccsc1-c1sccc1O.O=c1oc2ccsc2c2sccc12. The average molecular weight is 841 g/mol. The maximum absolute atomic E-state index is 12.4. The Hall–Kier alpha value is -1.97. The lowest BCUT2D eigenvalue weighted by Gasteiger charge is -2.31. The molecule has 8 heteroatoms. The zero-order chi connectivity index (χ0) is 40.7. The summed E-state index contributed by atoms with van der Waals surface area (Å²) in [5.74, 6) is 4.83. The zero-order valence-corrected chi connectivity index (χ0v) is 39.0. The maximum atomic E-state index is 12.4. The van der Waals surface area contributed by atoms with Crippen LogP contribution in [0.3, 0.4) is 0 Å². The molecule has 0 aromatic carbocycles. The van der Waals surface area contributed by atoms with Crippen LogP contribution in [-0.2, 0) is 5.60 Å². The number of fused-ring (bicyclic) bond motifs is 3. The van der Waals surface area contributed by atoms with E-state index in [1.165, 1.54) is 77.0 Å². The molecule has 0 aliphatic carbocycles. The predicted molar refractivity (Wildman–Crippen MR) is 249 cm³/mol. The fraction of sp³-hybridized carbons (Fsp3) is 0.646. The lowest BCUT2D eigenvalue weighted by molar-refractivity contribution is 0.00748. The van der Waals surface area contributed by atoms with E-state index in [1.54, 1.807) is 51.4 Å². The van der Waals surface area contributed by atoms with Crippen molar-refractivity contribution in [2.75, 3.05) is 0 Å². The van der Waals surface area contributed by atoms with E-state index in [0.717, 1.165) is 74.1 Å². The predicted octanol–water partition coefficient (Wildman–Crippen LogP) is 16.5. The summed E-state index contributed by atoms with van der Waals surface area (Å²) in [6, 6.07) is 7.55. The molecule has 0 fully saturated rings. The summed E-state index contributed by atoms with van der Waals surface area (Å²) in [7, 11) is 0. The van der Waals surface area contributed by atoms with E-state index in [0.29, 0.717) is 28.6 Å². The molecule has 0 saturated heterocycles. The van der Waals surface area contributed by atoms with Crippen molar-refractivity contribution in [3.63, 3.8) is 0 Å². The molecule has 5 rings (SSSR count). The first-order chi connectivity index (χ1) is 26.8. The van der Waals surface area contributed by atoms with Gasteiger partial charge in [-0.2, -0.15) is 0 Å². The highest BCUT2D eigenvalue weighted by atomic mass is 32.1. The Balaban J connectivity index is 0.000000441. The first-order valence-electron chi connectivity index (χ1n) is 21.7. The third-order valence-electron chi connectivity index (χ3n) is 11.8. The third-order valence-corrected chi connectivity index (χ3v) is 15.7. The van der Waals surface area contributed by atoms with Crippen LogP contribution in [0.25, 0.3) is 30.1 Å². The second-order valence-electron chi connectivity index (χ2n) is 18.0. The molecule has 5 heterocycles. The van der Waals surface area contributed by atoms with E-state index < -0.39 is 5.60 Å². The van der Waals surface area contributed by atoms with Gasteiger partial charge in [-0.1, -0.05) is 132 Å². The maximum Gasteiger partial charge on any atom is 0.345 e. The van der Waals surface area contributed by atoms with Crippen molar-refractivity contribution >= 4 is 65.7 Å². The van der Waals surface area contributed by atoms with Crippen LogP contribution in [0.4, 0.5) is 0 Å². The number of thiophene rings is 4. The van der Waals surface area contributed by atoms with Crippen LogP contribution in [0.15, 0.2) is 55.0 Å². The van der Waals surface area contributed by atoms with Crippen molar-refractivity contribution in [2.24, 2.45) is 35.5 Å². The Labute approximate surface area is 354 Å². The van der Waals surface area contributed by atoms with Crippen LogP contribution < -0.4 is 5.63 Å². The Bertz CT molecular complexity index is 1840. The van der Waals surface area contributed by atoms with Crippen molar-refractivity contribution in [3.8, 4) is 15.5 Å². The van der Waals surface area contributed by atoms with Gasteiger partial charge in [0.1, 0.15) is 5.75 Å². The number of hydrogen-bond donors (Lipinski definition) is 2. The van der Waals surface area contributed by atoms with E-state index in [4.69, 9.17) is 4.42 Å². The van der Waals surface area contributed by atoms with Gasteiger partial charge in [-0.05, 0) is 107 Å². The Morgan fingerprint density at radius 3 is 1.52 bits per heavy atom. The van der Waals surface area contributed by atoms with Crippen molar-refractivity contribution < 1.29 is 14.6 Å². The number of hydrogen-bond acceptors (Lipinski definition) is 8. The van der Waals surface area contributed by atoms with Gasteiger partial charge in [-0.25, -0.2) is 4.79 Å². The smallest absolute Gasteiger partial charge is 0.345 e. The lowest BCUT2D eigenvalue weighted by Crippen LogP contribution is -2.27. The Kier molecular flexibility index (Phi) is 19.7. The van der Waals surface area contributed by atoms with E-state index in [-0.39, 0.29) is 5.63 Å². The first kappa shape index (κ1) is 46.7. The second-order valence-corrected chi connectivity index (χ2v) is 21.7. The molecule has 5 aromatic heterocycles. The van der Waals surface area contributed by atoms with Gasteiger partial charge in [-0.15, -0.1) is 45.3 Å². The summed E-state index contributed by atoms with van der Waals surface area (Å²) in [5, 5.41) is 31.5. The highest BCUT2D eigenvalue weighted by molar-refractivity contribution is 7.25. The van der Waals surface area contributed by atoms with Gasteiger partial charge in [0.25, 0.3) is 0 Å². The van der Waals surface area contributed by atoms with Crippen LogP contribution in [-0.4, -0.2) is 10.2 Å². The molecule has 0 aliphatic rings. The molecule has 312 valence electrons. The molecule has 0 aliphatic heterocycles. The van der Waals surface area contributed by atoms with E-state index in [1.807, 2.05) is 28.3 Å². The number of aromatic hydroxyl groups is 1. The van der Waals surface area contributed by atoms with Crippen molar-refractivity contribution in [1.82, 2.24) is 0 Å². The topological polar surface area (TPSA) is 70.7 Å². The summed E-state index contributed by atoms with van der Waals surface area (Å²) < 4.78 is 7.25. The molecule has 0 radical (unpaired) electrons. The number of rotatable bonds is 24. The quantitative estimate of drug-likeness (QED) is 0.0649. The minimum atomic E-state index is -0.845. The van der Waals surface area contributed by atoms with Crippen LogP contribution in [0.5, 0.6) is 5.75 Å². The van der Waals surface area contributed by atoms with E-state index >= 15 is 0 Å². The van der Waals surface area contributed by atoms with Crippen LogP contribution in [0, 0.1) is 35.5 Å². The van der Waals surface area contributed by atoms with Gasteiger partial charge < -0.3 is 14.6 Å². The molecule has 4 nitrogen and oxygen atoms in total. The molecule has 5 aromatic rings. The van der Waals surface area contributed by atoms with Crippen LogP contribution in [0.1, 0.15) is 164 Å². The molecule has 0 bridgehead atoms. The Morgan fingerprint density at radius 2 is 1.00 bits per heavy atom. The van der Waals surface area contributed by atoms with Gasteiger partial charge in [-0.3, -0.25) is 0 Å². The van der Waals surface area contributed by atoms with Gasteiger partial charge in [0.15, 0.2) is 5.58 Å². The summed E-state index contributed by atoms with van der Waals surface area (Å²) in [4.78, 5) is 13.4. The standard InChI is InChI=1S/C39H68O2S2.C9H4O2S2/c1-29(2)13-9-15-31(5)17-11-19-33(7)21-25-39(41,35-23-27-42-37(35)38-36(40)24-28-43-38)26-22-34(8)20-12-18-32(6)16-10-14-30(3)4;10-9-5-1-3-12-7(5)8-6(11-9)2-4-13-8/h23-24,27-34,40-41H,9-22,25-26H2,1-8H3;1-4H. The van der Waals surface area contributed by atoms with Crippen molar-refractivity contribution in [2.45, 2.75) is 164 Å². The van der Waals surface area contributed by atoms with Crippen molar-refractivity contribution in [3.05, 3.63) is 61.8 Å². The molecule has 0 saturated carbocycles. The largest absolute Gasteiger partial charge is 0.506 e. The summed E-state index contributed by atoms with van der Waals surface area (Å²) in [6.45, 7) is 18.9. The van der Waals surface area contributed by atoms with Gasteiger partial charge in [0.05, 0.1) is 30.1 Å². The normalized spacial score (nSPS) is 15.3. The first-order valence-corrected chi connectivity index (χ1v) is 25.2. The monoisotopic (exact) mass is 840 g/mol. The molecular weight excluding hydrogens is 769 g/mol. The zero-order valence-electron chi connectivity index (χ0n) is 35.7. The van der Waals surface area contributed by atoms with Crippen LogP contribution in [0.2, 0.25) is 0 Å². The van der Waals surface area contributed by atoms with Gasteiger partial charge >= 0.3 is 5.63 Å². The van der Waals surface area contributed by atoms with E-state index in [2.05, 4.69) is 66.8 Å². The summed E-state index contributed by atoms with van der Waals surface area (Å²) in [5.41, 5.74) is 0.655. The number of aliphatic hydroxyl groups is 1. The fourth-order valence-corrected chi connectivity index (χ4v) is 11.8. The van der Waals surface area contributed by atoms with Crippen molar-refractivity contribution in [1.29, 1.82) is 0 Å². The van der Waals surface area contributed by atoms with Crippen LogP contribution >= 0.6 is 45.3 Å². The average Bonchev–Trinajstić information content (AvgIpc) is 3.97. The highest BCUT2D eigenvalue weighted by Crippen LogP contribution is 2.47. The minimum Gasteiger partial charge on any atom is -0.506 e. The molecule has 2 N–H and O–H groups in total. The molecule has 0 amide bonds. The fourth-order valence-electron chi connectivity index (χ4n) is 7.99. The Morgan fingerprint density at radius 1 is 0.554 bits per heavy atom. The summed E-state index contributed by atoms with van der Waals surface area (Å²) in [6.07, 6.45) is 19.6. The second kappa shape index (κ2) is 23.6. The molecular formula is C48H72O4S4. The molecule has 56 heavy (non-hydrogen) atoms. The third kappa shape index (κ3) is 14.7. The summed E-state index contributed by atoms with van der Waals surface area (Å²) >= 11 is 6.43. The molecule has 0 spiro atoms. The molecule has 4 unspecified atom stereocenters. The highest BCUT2D eigenvalue weighted by Gasteiger charge is 2.34. The van der Waals surface area contributed by atoms with Gasteiger partial charge in [0, 0.05) is 5.56 Å². The van der Waals surface area contributed by atoms with E-state index in [9.17, 15) is 15.0 Å².